The lowest BCUT2D eigenvalue weighted by atomic mass is 9.93. The fourth-order valence-corrected chi connectivity index (χ4v) is 4.02. The molecule has 2 heterocycles. The van der Waals surface area contributed by atoms with Gasteiger partial charge in [-0.3, -0.25) is 0 Å². The molecule has 7 heteroatoms. The van der Waals surface area contributed by atoms with Crippen LogP contribution in [-0.4, -0.2) is 48.9 Å². The van der Waals surface area contributed by atoms with Crippen LogP contribution in [0.4, 0.5) is 0 Å². The average Bonchev–Trinajstić information content (AvgIpc) is 3.24. The van der Waals surface area contributed by atoms with E-state index in [1.165, 1.54) is 0 Å². The summed E-state index contributed by atoms with van der Waals surface area (Å²) in [5.74, 6) is -2.07. The first-order valence-corrected chi connectivity index (χ1v) is 10.3. The fraction of sp³-hybridized carbons (Fsp3) is 0.417. The van der Waals surface area contributed by atoms with Gasteiger partial charge in [0.1, 0.15) is 24.9 Å². The third kappa shape index (κ3) is 4.79. The molecule has 0 spiro atoms. The molecule has 2 fully saturated rings. The van der Waals surface area contributed by atoms with Crippen molar-refractivity contribution in [1.29, 1.82) is 0 Å². The predicted octanol–water partition coefficient (Wildman–Crippen LogP) is 3.58. The minimum absolute atomic E-state index is 0.00816. The molecule has 2 saturated heterocycles. The molecule has 0 bridgehead atoms. The monoisotopic (exact) mass is 426 g/mol. The van der Waals surface area contributed by atoms with Crippen LogP contribution in [0.25, 0.3) is 0 Å². The summed E-state index contributed by atoms with van der Waals surface area (Å²) < 4.78 is 29.1. The summed E-state index contributed by atoms with van der Waals surface area (Å²) in [4.78, 5) is 24.9. The molecule has 4 rings (SSSR count). The Labute approximate surface area is 181 Å². The smallest absolute Gasteiger partial charge is 0.338 e. The van der Waals surface area contributed by atoms with Gasteiger partial charge in [0.15, 0.2) is 12.1 Å². The summed E-state index contributed by atoms with van der Waals surface area (Å²) >= 11 is 0. The van der Waals surface area contributed by atoms with E-state index in [0.717, 1.165) is 0 Å². The van der Waals surface area contributed by atoms with Gasteiger partial charge in [-0.2, -0.15) is 0 Å². The standard InChI is InChI=1S/C24H26O7/c1-15(28-22(26)17-12-8-5-9-13-17)19-18(29-23-20(19)30-24(2,3)31-23)14-27-21(25)16-10-6-4-7-11-16/h4-13,15,18-20,23H,14H2,1-3H3/t15?,18-,19-,20-,23-/m1/s1. The zero-order valence-electron chi connectivity index (χ0n) is 17.7. The number of ether oxygens (including phenoxy) is 5. The Hall–Kier alpha value is -2.74. The highest BCUT2D eigenvalue weighted by Crippen LogP contribution is 2.43. The fourth-order valence-electron chi connectivity index (χ4n) is 4.02. The lowest BCUT2D eigenvalue weighted by molar-refractivity contribution is -0.217. The Bertz CT molecular complexity index is 912. The van der Waals surface area contributed by atoms with Crippen LogP contribution in [0, 0.1) is 5.92 Å². The molecular formula is C24H26O7. The van der Waals surface area contributed by atoms with E-state index in [9.17, 15) is 9.59 Å². The maximum absolute atomic E-state index is 12.6. The number of rotatable bonds is 6. The van der Waals surface area contributed by atoms with Crippen molar-refractivity contribution in [3.05, 3.63) is 71.8 Å². The second-order valence-corrected chi connectivity index (χ2v) is 8.16. The van der Waals surface area contributed by atoms with Gasteiger partial charge in [0, 0.05) is 0 Å². The second kappa shape index (κ2) is 8.78. The quantitative estimate of drug-likeness (QED) is 0.653. The maximum atomic E-state index is 12.6. The molecule has 0 amide bonds. The summed E-state index contributed by atoms with van der Waals surface area (Å²) in [6, 6.07) is 17.5. The van der Waals surface area contributed by atoms with Gasteiger partial charge < -0.3 is 23.7 Å². The third-order valence-electron chi connectivity index (χ3n) is 5.44. The first-order chi connectivity index (χ1) is 14.8. The molecular weight excluding hydrogens is 400 g/mol. The average molecular weight is 426 g/mol. The van der Waals surface area contributed by atoms with E-state index >= 15 is 0 Å². The van der Waals surface area contributed by atoms with Crippen molar-refractivity contribution in [2.75, 3.05) is 6.61 Å². The molecule has 0 saturated carbocycles. The minimum atomic E-state index is -0.817. The molecule has 2 aliphatic rings. The zero-order chi connectivity index (χ0) is 22.0. The minimum Gasteiger partial charge on any atom is -0.459 e. The topological polar surface area (TPSA) is 80.3 Å². The highest BCUT2D eigenvalue weighted by atomic mass is 16.8. The molecule has 31 heavy (non-hydrogen) atoms. The first kappa shape index (κ1) is 21.5. The molecule has 0 aromatic heterocycles. The van der Waals surface area contributed by atoms with Crippen molar-refractivity contribution in [3.63, 3.8) is 0 Å². The second-order valence-electron chi connectivity index (χ2n) is 8.16. The van der Waals surface area contributed by atoms with Crippen molar-refractivity contribution < 1.29 is 33.3 Å². The predicted molar refractivity (Wildman–Crippen MR) is 110 cm³/mol. The molecule has 164 valence electrons. The molecule has 7 nitrogen and oxygen atoms in total. The van der Waals surface area contributed by atoms with Gasteiger partial charge in [-0.15, -0.1) is 0 Å². The molecule has 1 unspecified atom stereocenters. The van der Waals surface area contributed by atoms with Gasteiger partial charge in [0.05, 0.1) is 17.0 Å². The number of fused-ring (bicyclic) bond motifs is 1. The SMILES string of the molecule is CC(OC(=O)c1ccccc1)[C@H]1[C@H]2OC(C)(C)O[C@H]2O[C@@H]1COC(=O)c1ccccc1. The van der Waals surface area contributed by atoms with Crippen LogP contribution in [0.1, 0.15) is 41.5 Å². The highest BCUT2D eigenvalue weighted by Gasteiger charge is 2.57. The van der Waals surface area contributed by atoms with Crippen LogP contribution >= 0.6 is 0 Å². The van der Waals surface area contributed by atoms with Crippen LogP contribution in [0.5, 0.6) is 0 Å². The Morgan fingerprint density at radius 3 is 2.13 bits per heavy atom. The van der Waals surface area contributed by atoms with Gasteiger partial charge >= 0.3 is 11.9 Å². The summed E-state index contributed by atoms with van der Waals surface area (Å²) in [5.41, 5.74) is 0.912. The summed E-state index contributed by atoms with van der Waals surface area (Å²) in [5, 5.41) is 0. The number of benzene rings is 2. The maximum Gasteiger partial charge on any atom is 0.338 e. The van der Waals surface area contributed by atoms with Gasteiger partial charge in [-0.05, 0) is 45.0 Å². The summed E-state index contributed by atoms with van der Waals surface area (Å²) in [6.45, 7) is 5.39. The van der Waals surface area contributed by atoms with Gasteiger partial charge in [-0.25, -0.2) is 9.59 Å². The zero-order valence-corrected chi connectivity index (χ0v) is 17.7. The first-order valence-electron chi connectivity index (χ1n) is 10.3. The molecule has 2 aromatic carbocycles. The van der Waals surface area contributed by atoms with Crippen LogP contribution in [0.3, 0.4) is 0 Å². The Kier molecular flexibility index (Phi) is 6.09. The van der Waals surface area contributed by atoms with Crippen molar-refractivity contribution in [2.24, 2.45) is 5.92 Å². The van der Waals surface area contributed by atoms with Crippen LogP contribution < -0.4 is 0 Å². The van der Waals surface area contributed by atoms with E-state index in [0.29, 0.717) is 11.1 Å². The molecule has 0 aliphatic carbocycles. The number of carbonyl (C=O) groups is 2. The van der Waals surface area contributed by atoms with Crippen molar-refractivity contribution in [1.82, 2.24) is 0 Å². The molecule has 2 aromatic rings. The van der Waals surface area contributed by atoms with Crippen molar-refractivity contribution in [2.45, 2.75) is 51.2 Å². The summed E-state index contributed by atoms with van der Waals surface area (Å²) in [7, 11) is 0. The van der Waals surface area contributed by atoms with E-state index in [2.05, 4.69) is 0 Å². The molecule has 5 atom stereocenters. The lowest BCUT2D eigenvalue weighted by Crippen LogP contribution is -2.41. The number of hydrogen-bond donors (Lipinski definition) is 0. The Morgan fingerprint density at radius 2 is 1.52 bits per heavy atom. The molecule has 0 N–H and O–H groups in total. The van der Waals surface area contributed by atoms with Crippen LogP contribution in [-0.2, 0) is 23.7 Å². The normalized spacial score (nSPS) is 27.3. The summed E-state index contributed by atoms with van der Waals surface area (Å²) in [6.07, 6.45) is -2.18. The van der Waals surface area contributed by atoms with Crippen molar-refractivity contribution in [3.8, 4) is 0 Å². The van der Waals surface area contributed by atoms with E-state index in [1.54, 1.807) is 69.3 Å². The van der Waals surface area contributed by atoms with E-state index in [1.807, 2.05) is 12.1 Å². The van der Waals surface area contributed by atoms with E-state index in [4.69, 9.17) is 23.7 Å². The molecule has 0 radical (unpaired) electrons. The highest BCUT2D eigenvalue weighted by molar-refractivity contribution is 5.89. The van der Waals surface area contributed by atoms with Gasteiger partial charge in [0.2, 0.25) is 0 Å². The van der Waals surface area contributed by atoms with Gasteiger partial charge in [-0.1, -0.05) is 36.4 Å². The van der Waals surface area contributed by atoms with E-state index in [-0.39, 0.29) is 12.5 Å². The van der Waals surface area contributed by atoms with Crippen LogP contribution in [0.2, 0.25) is 0 Å². The third-order valence-corrected chi connectivity index (χ3v) is 5.44. The van der Waals surface area contributed by atoms with Crippen molar-refractivity contribution >= 4 is 11.9 Å². The van der Waals surface area contributed by atoms with Gasteiger partial charge in [0.25, 0.3) is 0 Å². The Balaban J connectivity index is 1.46. The number of hydrogen-bond acceptors (Lipinski definition) is 7. The number of esters is 2. The lowest BCUT2D eigenvalue weighted by Gasteiger charge is -2.29. The van der Waals surface area contributed by atoms with Crippen LogP contribution in [0.15, 0.2) is 60.7 Å². The molecule has 2 aliphatic heterocycles. The Morgan fingerprint density at radius 1 is 0.935 bits per heavy atom. The van der Waals surface area contributed by atoms with E-state index < -0.39 is 42.3 Å². The largest absolute Gasteiger partial charge is 0.459 e. The number of carbonyl (C=O) groups excluding carboxylic acids is 2.